The Hall–Kier alpha value is -1.50. The molecule has 0 saturated heterocycles. The lowest BCUT2D eigenvalue weighted by Crippen LogP contribution is -2.43. The van der Waals surface area contributed by atoms with E-state index in [1.54, 1.807) is 18.2 Å². The van der Waals surface area contributed by atoms with Gasteiger partial charge in [-0.25, -0.2) is 8.42 Å². The molecule has 18 heavy (non-hydrogen) atoms. The van der Waals surface area contributed by atoms with E-state index in [9.17, 15) is 13.2 Å². The van der Waals surface area contributed by atoms with E-state index in [1.807, 2.05) is 6.92 Å². The van der Waals surface area contributed by atoms with E-state index >= 15 is 0 Å². The van der Waals surface area contributed by atoms with Crippen LogP contribution in [0.3, 0.4) is 0 Å². The maximum Gasteiger partial charge on any atom is 0.243 e. The average molecular weight is 267 g/mol. The van der Waals surface area contributed by atoms with E-state index < -0.39 is 22.0 Å². The predicted molar refractivity (Wildman–Crippen MR) is 65.4 cm³/mol. The number of benzene rings is 1. The van der Waals surface area contributed by atoms with Crippen LogP contribution in [0.5, 0.6) is 0 Å². The summed E-state index contributed by atoms with van der Waals surface area (Å²) in [5.41, 5.74) is 0.960. The van der Waals surface area contributed by atoms with Crippen LogP contribution in [0.25, 0.3) is 0 Å². The molecular formula is C12H13NO4S. The van der Waals surface area contributed by atoms with Gasteiger partial charge in [0.2, 0.25) is 10.0 Å². The zero-order chi connectivity index (χ0) is 13.2. The van der Waals surface area contributed by atoms with Gasteiger partial charge in [0.05, 0.1) is 11.5 Å². The van der Waals surface area contributed by atoms with E-state index in [1.165, 1.54) is 18.2 Å². The van der Waals surface area contributed by atoms with E-state index in [2.05, 4.69) is 4.72 Å². The molecule has 0 aliphatic carbocycles. The first-order chi connectivity index (χ1) is 8.49. The van der Waals surface area contributed by atoms with Crippen LogP contribution < -0.4 is 4.72 Å². The largest absolute Gasteiger partial charge is 0.350 e. The lowest BCUT2D eigenvalue weighted by Gasteiger charge is -2.18. The highest BCUT2D eigenvalue weighted by Crippen LogP contribution is 2.12. The summed E-state index contributed by atoms with van der Waals surface area (Å²) in [6.45, 7) is 2.08. The molecule has 1 heterocycles. The third-order valence-electron chi connectivity index (χ3n) is 2.49. The van der Waals surface area contributed by atoms with Crippen molar-refractivity contribution in [2.45, 2.75) is 18.0 Å². The summed E-state index contributed by atoms with van der Waals surface area (Å²) in [6.07, 6.45) is 1.71. The summed E-state index contributed by atoms with van der Waals surface area (Å²) in [6, 6.07) is 6.36. The molecule has 0 saturated carbocycles. The van der Waals surface area contributed by atoms with E-state index in [0.29, 0.717) is 0 Å². The maximum absolute atomic E-state index is 12.0. The Labute approximate surface area is 106 Å². The topological polar surface area (TPSA) is 72.5 Å². The summed E-state index contributed by atoms with van der Waals surface area (Å²) in [5, 5.41) is 0. The van der Waals surface area contributed by atoms with Crippen LogP contribution >= 0.6 is 0 Å². The summed E-state index contributed by atoms with van der Waals surface area (Å²) < 4.78 is 31.3. The van der Waals surface area contributed by atoms with Crippen molar-refractivity contribution in [2.24, 2.45) is 0 Å². The first kappa shape index (κ1) is 12.9. The second-order valence-corrected chi connectivity index (χ2v) is 5.67. The van der Waals surface area contributed by atoms with Gasteiger partial charge in [0.25, 0.3) is 0 Å². The van der Waals surface area contributed by atoms with Crippen molar-refractivity contribution in [3.63, 3.8) is 0 Å². The first-order valence-electron chi connectivity index (χ1n) is 5.40. The van der Waals surface area contributed by atoms with Crippen LogP contribution in [0.1, 0.15) is 5.56 Å². The van der Waals surface area contributed by atoms with Crippen LogP contribution in [-0.2, 0) is 19.6 Å². The summed E-state index contributed by atoms with van der Waals surface area (Å²) >= 11 is 0. The average Bonchev–Trinajstić information content (AvgIpc) is 2.32. The number of aryl methyl sites for hydroxylation is 1. The van der Waals surface area contributed by atoms with Gasteiger partial charge in [-0.05, 0) is 25.1 Å². The second kappa shape index (κ2) is 5.01. The van der Waals surface area contributed by atoms with Crippen molar-refractivity contribution in [3.05, 3.63) is 42.0 Å². The molecule has 0 amide bonds. The van der Waals surface area contributed by atoms with Crippen LogP contribution in [-0.4, -0.2) is 27.0 Å². The minimum absolute atomic E-state index is 0.110. The lowest BCUT2D eigenvalue weighted by molar-refractivity contribution is -0.126. The molecule has 0 fully saturated rings. The van der Waals surface area contributed by atoms with Gasteiger partial charge < -0.3 is 4.74 Å². The van der Waals surface area contributed by atoms with E-state index in [4.69, 9.17) is 4.74 Å². The minimum Gasteiger partial charge on any atom is -0.350 e. The van der Waals surface area contributed by atoms with Gasteiger partial charge in [0, 0.05) is 0 Å². The predicted octanol–water partition coefficient (Wildman–Crippen LogP) is 0.755. The molecular weight excluding hydrogens is 254 g/mol. The number of hydrogen-bond donors (Lipinski definition) is 1. The first-order valence-corrected chi connectivity index (χ1v) is 6.88. The summed E-state index contributed by atoms with van der Waals surface area (Å²) in [7, 11) is -3.74. The van der Waals surface area contributed by atoms with E-state index in [-0.39, 0.29) is 11.5 Å². The molecule has 0 bridgehead atoms. The summed E-state index contributed by atoms with van der Waals surface area (Å²) in [5.74, 6) is -0.406. The number of nitrogens with one attached hydrogen (secondary N) is 1. The molecule has 1 aromatic rings. The SMILES string of the molecule is Cc1ccc(S(=O)(=O)N[C@H]2OCC=CC2=O)cc1. The Morgan fingerprint density at radius 1 is 1.28 bits per heavy atom. The number of carbonyl (C=O) groups is 1. The zero-order valence-electron chi connectivity index (χ0n) is 9.79. The zero-order valence-corrected chi connectivity index (χ0v) is 10.6. The molecule has 2 rings (SSSR count). The van der Waals surface area contributed by atoms with Gasteiger partial charge in [-0.1, -0.05) is 23.8 Å². The minimum atomic E-state index is -3.74. The molecule has 5 nitrogen and oxygen atoms in total. The highest BCUT2D eigenvalue weighted by atomic mass is 32.2. The highest BCUT2D eigenvalue weighted by molar-refractivity contribution is 7.89. The number of sulfonamides is 1. The van der Waals surface area contributed by atoms with Crippen LogP contribution in [0.4, 0.5) is 0 Å². The molecule has 6 heteroatoms. The van der Waals surface area contributed by atoms with Gasteiger partial charge in [-0.2, -0.15) is 4.72 Å². The molecule has 1 atom stereocenters. The number of ether oxygens (including phenoxy) is 1. The monoisotopic (exact) mass is 267 g/mol. The fourth-order valence-corrected chi connectivity index (χ4v) is 2.60. The quantitative estimate of drug-likeness (QED) is 0.877. The van der Waals surface area contributed by atoms with Gasteiger partial charge >= 0.3 is 0 Å². The molecule has 0 unspecified atom stereocenters. The number of ketones is 1. The normalized spacial score (nSPS) is 20.1. The van der Waals surface area contributed by atoms with Crippen molar-refractivity contribution in [2.75, 3.05) is 6.61 Å². The van der Waals surface area contributed by atoms with Gasteiger partial charge in [0.1, 0.15) is 0 Å². The molecule has 96 valence electrons. The van der Waals surface area contributed by atoms with E-state index in [0.717, 1.165) is 5.56 Å². The molecule has 0 spiro atoms. The smallest absolute Gasteiger partial charge is 0.243 e. The third-order valence-corrected chi connectivity index (χ3v) is 3.91. The Morgan fingerprint density at radius 2 is 1.94 bits per heavy atom. The van der Waals surface area contributed by atoms with Gasteiger partial charge in [-0.15, -0.1) is 0 Å². The van der Waals surface area contributed by atoms with Crippen molar-refractivity contribution in [1.82, 2.24) is 4.72 Å². The highest BCUT2D eigenvalue weighted by Gasteiger charge is 2.26. The molecule has 0 radical (unpaired) electrons. The number of carbonyl (C=O) groups excluding carboxylic acids is 1. The Morgan fingerprint density at radius 3 is 2.56 bits per heavy atom. The van der Waals surface area contributed by atoms with Crippen molar-refractivity contribution in [1.29, 1.82) is 0 Å². The molecule has 1 aliphatic rings. The Bertz CT molecular complexity index is 575. The van der Waals surface area contributed by atoms with Crippen LogP contribution in [0.15, 0.2) is 41.3 Å². The molecule has 1 N–H and O–H groups in total. The fourth-order valence-electron chi connectivity index (χ4n) is 1.50. The lowest BCUT2D eigenvalue weighted by atomic mass is 10.2. The number of hydrogen-bond acceptors (Lipinski definition) is 4. The third kappa shape index (κ3) is 2.84. The van der Waals surface area contributed by atoms with Crippen LogP contribution in [0.2, 0.25) is 0 Å². The fraction of sp³-hybridized carbons (Fsp3) is 0.250. The Kier molecular flexibility index (Phi) is 3.60. The standard InChI is InChI=1S/C12H13NO4S/c1-9-4-6-10(7-5-9)18(15,16)13-12-11(14)3-2-8-17-12/h2-7,12-13H,8H2,1H3/t12-/m0/s1. The summed E-state index contributed by atoms with van der Waals surface area (Å²) in [4.78, 5) is 11.5. The Balaban J connectivity index is 2.19. The molecule has 1 aliphatic heterocycles. The second-order valence-electron chi connectivity index (χ2n) is 3.95. The molecule has 0 aromatic heterocycles. The number of rotatable bonds is 3. The maximum atomic E-state index is 12.0. The van der Waals surface area contributed by atoms with Crippen LogP contribution in [0, 0.1) is 6.92 Å². The van der Waals surface area contributed by atoms with Crippen molar-refractivity contribution < 1.29 is 17.9 Å². The van der Waals surface area contributed by atoms with Gasteiger partial charge in [0.15, 0.2) is 12.0 Å². The van der Waals surface area contributed by atoms with Gasteiger partial charge in [-0.3, -0.25) is 4.79 Å². The molecule has 1 aromatic carbocycles. The van der Waals surface area contributed by atoms with Crippen molar-refractivity contribution >= 4 is 15.8 Å². The van der Waals surface area contributed by atoms with Crippen molar-refractivity contribution in [3.8, 4) is 0 Å².